The molecular weight excluding hydrogens is 327 g/mol. The van der Waals surface area contributed by atoms with Gasteiger partial charge >= 0.3 is 0 Å². The van der Waals surface area contributed by atoms with E-state index < -0.39 is 0 Å². The second kappa shape index (κ2) is 9.90. The first-order chi connectivity index (χ1) is 10.2. The van der Waals surface area contributed by atoms with Crippen LogP contribution in [0.15, 0.2) is 18.2 Å². The van der Waals surface area contributed by atoms with Crippen LogP contribution in [0.2, 0.25) is 5.02 Å². The lowest BCUT2D eigenvalue weighted by Crippen LogP contribution is -2.29. The Hall–Kier alpha value is -1.01. The van der Waals surface area contributed by atoms with Crippen molar-refractivity contribution in [2.45, 2.75) is 12.8 Å². The molecule has 5 nitrogen and oxygen atoms in total. The number of benzene rings is 1. The Kier molecular flexibility index (Phi) is 8.56. The summed E-state index contributed by atoms with van der Waals surface area (Å²) in [6.07, 6.45) is 2.55. The Morgan fingerprint density at radius 3 is 2.77 bits per heavy atom. The smallest absolute Gasteiger partial charge is 0.238 e. The molecule has 2 N–H and O–H groups in total. The summed E-state index contributed by atoms with van der Waals surface area (Å²) in [5.74, 6) is 1.27. The Morgan fingerprint density at radius 2 is 2.14 bits per heavy atom. The molecule has 1 saturated carbocycles. The van der Waals surface area contributed by atoms with Crippen molar-refractivity contribution in [3.05, 3.63) is 23.2 Å². The number of ether oxygens (including phenoxy) is 2. The first-order valence-electron chi connectivity index (χ1n) is 7.11. The lowest BCUT2D eigenvalue weighted by Gasteiger charge is -2.10. The minimum atomic E-state index is -0.0697. The van der Waals surface area contributed by atoms with E-state index in [-0.39, 0.29) is 18.3 Å². The average molecular weight is 349 g/mol. The number of hydrogen-bond acceptors (Lipinski definition) is 4. The quantitative estimate of drug-likeness (QED) is 0.673. The molecule has 0 spiro atoms. The van der Waals surface area contributed by atoms with Gasteiger partial charge in [0.1, 0.15) is 12.4 Å². The maximum Gasteiger partial charge on any atom is 0.238 e. The Morgan fingerprint density at radius 1 is 1.36 bits per heavy atom. The molecule has 0 radical (unpaired) electrons. The molecule has 0 bridgehead atoms. The van der Waals surface area contributed by atoms with E-state index in [1.165, 1.54) is 12.8 Å². The van der Waals surface area contributed by atoms with Crippen LogP contribution in [0.4, 0.5) is 5.69 Å². The van der Waals surface area contributed by atoms with Gasteiger partial charge in [-0.05, 0) is 43.5 Å². The highest BCUT2D eigenvalue weighted by atomic mass is 35.5. The molecule has 22 heavy (non-hydrogen) atoms. The van der Waals surface area contributed by atoms with Crippen molar-refractivity contribution in [1.82, 2.24) is 5.32 Å². The number of nitrogens with one attached hydrogen (secondary N) is 2. The topological polar surface area (TPSA) is 59.6 Å². The molecule has 1 aliphatic carbocycles. The molecule has 124 valence electrons. The molecule has 0 heterocycles. The van der Waals surface area contributed by atoms with Crippen LogP contribution < -0.4 is 15.4 Å². The van der Waals surface area contributed by atoms with Gasteiger partial charge in [-0.3, -0.25) is 4.79 Å². The summed E-state index contributed by atoms with van der Waals surface area (Å²) in [4.78, 5) is 11.8. The molecule has 0 aliphatic heterocycles. The monoisotopic (exact) mass is 348 g/mol. The summed E-state index contributed by atoms with van der Waals surface area (Å²) in [6.45, 7) is 2.18. The molecule has 0 atom stereocenters. The highest BCUT2D eigenvalue weighted by molar-refractivity contribution is 6.32. The van der Waals surface area contributed by atoms with Gasteiger partial charge < -0.3 is 20.1 Å². The van der Waals surface area contributed by atoms with E-state index in [2.05, 4.69) is 10.6 Å². The van der Waals surface area contributed by atoms with Crippen molar-refractivity contribution >= 4 is 35.6 Å². The van der Waals surface area contributed by atoms with Gasteiger partial charge in [-0.15, -0.1) is 12.4 Å². The van der Waals surface area contributed by atoms with Crippen molar-refractivity contribution in [2.24, 2.45) is 5.92 Å². The average Bonchev–Trinajstić information content (AvgIpc) is 3.25. The van der Waals surface area contributed by atoms with Crippen molar-refractivity contribution in [3.8, 4) is 5.75 Å². The number of anilines is 1. The van der Waals surface area contributed by atoms with Crippen molar-refractivity contribution in [1.29, 1.82) is 0 Å². The summed E-state index contributed by atoms with van der Waals surface area (Å²) >= 11 is 6.11. The van der Waals surface area contributed by atoms with E-state index in [1.54, 1.807) is 25.3 Å². The molecule has 0 aromatic heterocycles. The van der Waals surface area contributed by atoms with Crippen LogP contribution in [0.1, 0.15) is 12.8 Å². The van der Waals surface area contributed by atoms with E-state index >= 15 is 0 Å². The summed E-state index contributed by atoms with van der Waals surface area (Å²) in [5.41, 5.74) is 0.664. The number of halogens is 2. The number of carbonyl (C=O) groups is 1. The number of hydrogen-bond donors (Lipinski definition) is 2. The zero-order valence-corrected chi connectivity index (χ0v) is 14.1. The zero-order chi connectivity index (χ0) is 15.1. The molecule has 7 heteroatoms. The highest BCUT2D eigenvalue weighted by Crippen LogP contribution is 2.28. The molecule has 0 saturated heterocycles. The molecule has 1 amide bonds. The van der Waals surface area contributed by atoms with Gasteiger partial charge in [-0.25, -0.2) is 0 Å². The Bertz CT molecular complexity index is 482. The lowest BCUT2D eigenvalue weighted by molar-refractivity contribution is -0.115. The van der Waals surface area contributed by atoms with Crippen LogP contribution in [-0.4, -0.2) is 39.3 Å². The molecule has 2 rings (SSSR count). The van der Waals surface area contributed by atoms with Crippen LogP contribution in [0.25, 0.3) is 0 Å². The third kappa shape index (κ3) is 6.83. The molecular formula is C15H22Cl2N2O3. The van der Waals surface area contributed by atoms with Gasteiger partial charge in [-0.1, -0.05) is 11.6 Å². The van der Waals surface area contributed by atoms with E-state index in [9.17, 15) is 4.79 Å². The van der Waals surface area contributed by atoms with Crippen LogP contribution in [0, 0.1) is 5.92 Å². The predicted octanol–water partition coefficient (Wildman–Crippen LogP) is 2.73. The largest absolute Gasteiger partial charge is 0.490 e. The lowest BCUT2D eigenvalue weighted by atomic mass is 10.3. The van der Waals surface area contributed by atoms with Crippen LogP contribution in [0.3, 0.4) is 0 Å². The minimum Gasteiger partial charge on any atom is -0.490 e. The summed E-state index contributed by atoms with van der Waals surface area (Å²) in [5, 5.41) is 6.42. The molecule has 0 unspecified atom stereocenters. The number of rotatable bonds is 9. The number of methoxy groups -OCH3 is 1. The minimum absolute atomic E-state index is 0. The standard InChI is InChI=1S/C15H21ClN2O3.ClH/c1-20-6-7-21-14-5-4-12(8-13(14)16)18-15(19)10-17-9-11-2-3-11;/h4-5,8,11,17H,2-3,6-7,9-10H2,1H3,(H,18,19);1H. The van der Waals surface area contributed by atoms with Crippen LogP contribution in [0.5, 0.6) is 5.75 Å². The summed E-state index contributed by atoms with van der Waals surface area (Å²) in [6, 6.07) is 5.19. The maximum atomic E-state index is 11.8. The van der Waals surface area contributed by atoms with Crippen molar-refractivity contribution in [2.75, 3.05) is 38.7 Å². The predicted molar refractivity (Wildman–Crippen MR) is 90.3 cm³/mol. The van der Waals surface area contributed by atoms with Gasteiger partial charge in [0.25, 0.3) is 0 Å². The van der Waals surface area contributed by atoms with Gasteiger partial charge in [0.05, 0.1) is 18.2 Å². The first-order valence-corrected chi connectivity index (χ1v) is 7.48. The second-order valence-corrected chi connectivity index (χ2v) is 5.52. The Labute approximate surface area is 142 Å². The van der Waals surface area contributed by atoms with Gasteiger partial charge in [-0.2, -0.15) is 0 Å². The highest BCUT2D eigenvalue weighted by Gasteiger charge is 2.20. The zero-order valence-electron chi connectivity index (χ0n) is 12.6. The maximum absolute atomic E-state index is 11.8. The Balaban J connectivity index is 0.00000242. The van der Waals surface area contributed by atoms with Gasteiger partial charge in [0, 0.05) is 12.8 Å². The van der Waals surface area contributed by atoms with Crippen LogP contribution >= 0.6 is 24.0 Å². The van der Waals surface area contributed by atoms with E-state index in [4.69, 9.17) is 21.1 Å². The van der Waals surface area contributed by atoms with E-state index in [0.717, 1.165) is 12.5 Å². The summed E-state index contributed by atoms with van der Waals surface area (Å²) < 4.78 is 10.4. The molecule has 1 aliphatic rings. The fourth-order valence-electron chi connectivity index (χ4n) is 1.85. The number of carbonyl (C=O) groups excluding carboxylic acids is 1. The van der Waals surface area contributed by atoms with Crippen molar-refractivity contribution in [3.63, 3.8) is 0 Å². The van der Waals surface area contributed by atoms with Crippen LogP contribution in [-0.2, 0) is 9.53 Å². The molecule has 1 aromatic rings. The fourth-order valence-corrected chi connectivity index (χ4v) is 2.08. The fraction of sp³-hybridized carbons (Fsp3) is 0.533. The second-order valence-electron chi connectivity index (χ2n) is 5.11. The first kappa shape index (κ1) is 19.0. The molecule has 1 aromatic carbocycles. The summed E-state index contributed by atoms with van der Waals surface area (Å²) in [7, 11) is 1.61. The van der Waals surface area contributed by atoms with E-state index in [0.29, 0.717) is 36.2 Å². The normalized spacial score (nSPS) is 13.4. The third-order valence-electron chi connectivity index (χ3n) is 3.18. The van der Waals surface area contributed by atoms with Gasteiger partial charge in [0.15, 0.2) is 0 Å². The SMILES string of the molecule is COCCOc1ccc(NC(=O)CNCC2CC2)cc1Cl.Cl. The van der Waals surface area contributed by atoms with E-state index in [1.807, 2.05) is 0 Å². The van der Waals surface area contributed by atoms with Gasteiger partial charge in [0.2, 0.25) is 5.91 Å². The van der Waals surface area contributed by atoms with Crippen molar-refractivity contribution < 1.29 is 14.3 Å². The number of amides is 1. The molecule has 1 fully saturated rings. The third-order valence-corrected chi connectivity index (χ3v) is 3.47.